The van der Waals surface area contributed by atoms with Crippen LogP contribution in [0.4, 0.5) is 0 Å². The first kappa shape index (κ1) is 18.2. The predicted octanol–water partition coefficient (Wildman–Crippen LogP) is -0.632. The summed E-state index contributed by atoms with van der Waals surface area (Å²) in [6.45, 7) is 1.65. The molecule has 3 unspecified atom stereocenters. The second-order valence-corrected chi connectivity index (χ2v) is 7.75. The van der Waals surface area contributed by atoms with Gasteiger partial charge in [-0.25, -0.2) is 14.4 Å². The minimum Gasteiger partial charge on any atom is -0.480 e. The lowest BCUT2D eigenvalue weighted by Crippen LogP contribution is -2.58. The Bertz CT molecular complexity index is 776. The number of β-lactam (4-membered cyclic amide) rings is 1. The highest BCUT2D eigenvalue weighted by molar-refractivity contribution is 8.01. The number of carboxylic acids is 1. The Morgan fingerprint density at radius 3 is 2.19 bits per heavy atom. The summed E-state index contributed by atoms with van der Waals surface area (Å²) >= 11 is 1.33. The SMILES string of the molecule is COC(=O)c1nn(CC2(C)SC3CC(=O)N3C2C(=O)O)nc1C(=O)OC. The van der Waals surface area contributed by atoms with Crippen LogP contribution in [-0.4, -0.2) is 79.2 Å². The van der Waals surface area contributed by atoms with Gasteiger partial charge < -0.3 is 19.5 Å². The highest BCUT2D eigenvalue weighted by Gasteiger charge is 2.61. The smallest absolute Gasteiger partial charge is 0.361 e. The maximum atomic E-state index is 11.8. The number of nitrogens with zero attached hydrogens (tertiary/aromatic N) is 4. The summed E-state index contributed by atoms with van der Waals surface area (Å²) in [4.78, 5) is 49.5. The van der Waals surface area contributed by atoms with E-state index in [-0.39, 0.29) is 35.6 Å². The highest BCUT2D eigenvalue weighted by Crippen LogP contribution is 2.51. The number of aliphatic carboxylic acids is 1. The molecule has 1 amide bonds. The molecule has 140 valence electrons. The lowest BCUT2D eigenvalue weighted by molar-refractivity contribution is -0.157. The Morgan fingerprint density at radius 2 is 1.77 bits per heavy atom. The molecule has 3 rings (SSSR count). The van der Waals surface area contributed by atoms with Crippen molar-refractivity contribution in [3.63, 3.8) is 0 Å². The van der Waals surface area contributed by atoms with E-state index in [1.54, 1.807) is 6.92 Å². The summed E-state index contributed by atoms with van der Waals surface area (Å²) in [6.07, 6.45) is 0.275. The summed E-state index contributed by atoms with van der Waals surface area (Å²) < 4.78 is 8.22. The molecule has 0 aromatic carbocycles. The average Bonchev–Trinajstić information content (AvgIpc) is 3.10. The van der Waals surface area contributed by atoms with Gasteiger partial charge in [0.1, 0.15) is 6.04 Å². The molecule has 3 atom stereocenters. The van der Waals surface area contributed by atoms with Crippen molar-refractivity contribution in [2.75, 3.05) is 14.2 Å². The fourth-order valence-electron chi connectivity index (χ4n) is 3.15. The van der Waals surface area contributed by atoms with Crippen molar-refractivity contribution >= 4 is 35.6 Å². The van der Waals surface area contributed by atoms with Crippen LogP contribution in [0.15, 0.2) is 0 Å². The number of carboxylic acid groups (broad SMARTS) is 1. The molecule has 0 aliphatic carbocycles. The first-order chi connectivity index (χ1) is 12.2. The van der Waals surface area contributed by atoms with Gasteiger partial charge in [-0.1, -0.05) is 0 Å². The summed E-state index contributed by atoms with van der Waals surface area (Å²) in [6, 6.07) is -1.06. The predicted molar refractivity (Wildman–Crippen MR) is 85.4 cm³/mol. The molecule has 0 spiro atoms. The lowest BCUT2D eigenvalue weighted by Gasteiger charge is -2.36. The molecule has 0 saturated carbocycles. The number of thioether (sulfide) groups is 1. The van der Waals surface area contributed by atoms with Crippen molar-refractivity contribution in [3.8, 4) is 0 Å². The van der Waals surface area contributed by atoms with Gasteiger partial charge in [0.05, 0.1) is 37.3 Å². The second-order valence-electron chi connectivity index (χ2n) is 6.04. The van der Waals surface area contributed by atoms with Gasteiger partial charge in [-0.05, 0) is 6.92 Å². The Hall–Kier alpha value is -2.63. The Labute approximate surface area is 151 Å². The molecule has 1 aromatic heterocycles. The van der Waals surface area contributed by atoms with E-state index in [1.807, 2.05) is 0 Å². The molecule has 0 radical (unpaired) electrons. The van der Waals surface area contributed by atoms with Crippen molar-refractivity contribution in [2.24, 2.45) is 0 Å². The molecule has 11 nitrogen and oxygen atoms in total. The van der Waals surface area contributed by atoms with Gasteiger partial charge in [0.15, 0.2) is 0 Å². The van der Waals surface area contributed by atoms with Gasteiger partial charge in [-0.15, -0.1) is 22.0 Å². The standard InChI is InChI=1S/C14H16N4O7S/c1-14(10(11(20)21)18-6(19)4-7(18)26-14)5-17-15-8(12(22)24-2)9(16-17)13(23)25-3/h7,10H,4-5H2,1-3H3,(H,20,21). The van der Waals surface area contributed by atoms with Crippen LogP contribution in [0.5, 0.6) is 0 Å². The van der Waals surface area contributed by atoms with Crippen LogP contribution in [0.25, 0.3) is 0 Å². The zero-order valence-electron chi connectivity index (χ0n) is 14.2. The fraction of sp³-hybridized carbons (Fsp3) is 0.571. The van der Waals surface area contributed by atoms with Gasteiger partial charge in [0, 0.05) is 0 Å². The molecule has 2 aliphatic heterocycles. The number of carbonyl (C=O) groups is 4. The Kier molecular flexibility index (Phi) is 4.38. The average molecular weight is 384 g/mol. The zero-order chi connectivity index (χ0) is 19.2. The number of esters is 2. The van der Waals surface area contributed by atoms with E-state index in [9.17, 15) is 24.3 Å². The van der Waals surface area contributed by atoms with Crippen LogP contribution < -0.4 is 0 Å². The van der Waals surface area contributed by atoms with Crippen LogP contribution >= 0.6 is 11.8 Å². The second kappa shape index (κ2) is 6.27. The van der Waals surface area contributed by atoms with Crippen molar-refractivity contribution in [1.82, 2.24) is 19.9 Å². The van der Waals surface area contributed by atoms with Gasteiger partial charge in [0.25, 0.3) is 0 Å². The third-order valence-corrected chi connectivity index (χ3v) is 5.87. The van der Waals surface area contributed by atoms with Gasteiger partial charge in [-0.3, -0.25) is 4.79 Å². The molecule has 3 heterocycles. The third-order valence-electron chi connectivity index (χ3n) is 4.31. The van der Waals surface area contributed by atoms with E-state index >= 15 is 0 Å². The number of fused-ring (bicyclic) bond motifs is 1. The number of aromatic nitrogens is 3. The van der Waals surface area contributed by atoms with E-state index in [1.165, 1.54) is 16.7 Å². The van der Waals surface area contributed by atoms with E-state index in [2.05, 4.69) is 19.7 Å². The minimum absolute atomic E-state index is 0.0318. The monoisotopic (exact) mass is 384 g/mol. The summed E-state index contributed by atoms with van der Waals surface area (Å²) in [5, 5.41) is 17.3. The largest absolute Gasteiger partial charge is 0.480 e. The number of ether oxygens (including phenoxy) is 2. The van der Waals surface area contributed by atoms with Crippen LogP contribution in [0.2, 0.25) is 0 Å². The van der Waals surface area contributed by atoms with Crippen LogP contribution in [-0.2, 0) is 25.6 Å². The molecule has 2 fully saturated rings. The third kappa shape index (κ3) is 2.69. The van der Waals surface area contributed by atoms with Gasteiger partial charge in [-0.2, -0.15) is 4.80 Å². The lowest BCUT2D eigenvalue weighted by atomic mass is 9.96. The molecular weight excluding hydrogens is 368 g/mol. The number of rotatable bonds is 5. The van der Waals surface area contributed by atoms with Crippen molar-refractivity contribution in [3.05, 3.63) is 11.4 Å². The molecule has 1 aromatic rings. The van der Waals surface area contributed by atoms with Gasteiger partial charge >= 0.3 is 17.9 Å². The number of methoxy groups -OCH3 is 2. The topological polar surface area (TPSA) is 141 Å². The fourth-order valence-corrected chi connectivity index (χ4v) is 4.88. The zero-order valence-corrected chi connectivity index (χ0v) is 15.0. The first-order valence-electron chi connectivity index (χ1n) is 7.55. The quantitative estimate of drug-likeness (QED) is 0.515. The molecule has 1 N–H and O–H groups in total. The summed E-state index contributed by atoms with van der Waals surface area (Å²) in [5.74, 6) is -3.09. The summed E-state index contributed by atoms with van der Waals surface area (Å²) in [7, 11) is 2.27. The number of carbonyl (C=O) groups excluding carboxylic acids is 3. The maximum Gasteiger partial charge on any atom is 0.361 e. The van der Waals surface area contributed by atoms with Crippen LogP contribution in [0, 0.1) is 0 Å². The highest BCUT2D eigenvalue weighted by atomic mass is 32.2. The summed E-state index contributed by atoms with van der Waals surface area (Å²) in [5.41, 5.74) is -0.644. The molecule has 2 saturated heterocycles. The van der Waals surface area contributed by atoms with E-state index in [0.29, 0.717) is 0 Å². The van der Waals surface area contributed by atoms with E-state index in [4.69, 9.17) is 0 Å². The number of hydrogen-bond donors (Lipinski definition) is 1. The van der Waals surface area contributed by atoms with E-state index < -0.39 is 28.7 Å². The normalized spacial score (nSPS) is 26.9. The molecule has 2 aliphatic rings. The Balaban J connectivity index is 1.94. The maximum absolute atomic E-state index is 11.8. The minimum atomic E-state index is -1.14. The number of amides is 1. The first-order valence-corrected chi connectivity index (χ1v) is 8.43. The van der Waals surface area contributed by atoms with Crippen molar-refractivity contribution in [2.45, 2.75) is 36.1 Å². The molecular formula is C14H16N4O7S. The van der Waals surface area contributed by atoms with Gasteiger partial charge in [0.2, 0.25) is 17.3 Å². The van der Waals surface area contributed by atoms with Crippen molar-refractivity contribution < 1.29 is 33.8 Å². The number of hydrogen-bond acceptors (Lipinski definition) is 9. The van der Waals surface area contributed by atoms with Crippen LogP contribution in [0.1, 0.15) is 34.3 Å². The van der Waals surface area contributed by atoms with E-state index in [0.717, 1.165) is 19.0 Å². The molecule has 26 heavy (non-hydrogen) atoms. The van der Waals surface area contributed by atoms with Crippen LogP contribution in [0.3, 0.4) is 0 Å². The molecule has 12 heteroatoms. The van der Waals surface area contributed by atoms with Crippen molar-refractivity contribution in [1.29, 1.82) is 0 Å². The Morgan fingerprint density at radius 1 is 1.23 bits per heavy atom. The molecule has 0 bridgehead atoms.